The van der Waals surface area contributed by atoms with Gasteiger partial charge in [-0.3, -0.25) is 13.9 Å². The summed E-state index contributed by atoms with van der Waals surface area (Å²) in [5, 5.41) is 3.56. The van der Waals surface area contributed by atoms with Crippen LogP contribution in [0.4, 0.5) is 5.69 Å². The van der Waals surface area contributed by atoms with Crippen LogP contribution in [-0.2, 0) is 26.2 Å². The van der Waals surface area contributed by atoms with Crippen LogP contribution in [0.15, 0.2) is 59.5 Å². The number of halogens is 2. The second-order valence-electron chi connectivity index (χ2n) is 10.7. The highest BCUT2D eigenvalue weighted by Gasteiger charge is 2.34. The number of nitrogens with one attached hydrogen (secondary N) is 1. The van der Waals surface area contributed by atoms with Crippen LogP contribution in [0.3, 0.4) is 0 Å². The summed E-state index contributed by atoms with van der Waals surface area (Å²) in [7, 11) is -1.47. The van der Waals surface area contributed by atoms with Crippen LogP contribution < -0.4 is 19.1 Å². The first-order valence-corrected chi connectivity index (χ1v) is 16.9. The van der Waals surface area contributed by atoms with Crippen LogP contribution in [-0.4, -0.2) is 58.5 Å². The molecule has 1 unspecified atom stereocenters. The van der Waals surface area contributed by atoms with Crippen molar-refractivity contribution in [2.75, 3.05) is 31.6 Å². The van der Waals surface area contributed by atoms with Crippen molar-refractivity contribution in [1.29, 1.82) is 0 Å². The van der Waals surface area contributed by atoms with Crippen molar-refractivity contribution in [3.8, 4) is 11.5 Å². The van der Waals surface area contributed by atoms with Gasteiger partial charge in [-0.05, 0) is 74.2 Å². The van der Waals surface area contributed by atoms with Gasteiger partial charge in [0.15, 0.2) is 11.5 Å². The van der Waals surface area contributed by atoms with Gasteiger partial charge in [-0.25, -0.2) is 8.42 Å². The molecule has 0 aliphatic rings. The first-order valence-electron chi connectivity index (χ1n) is 14.7. The number of rotatable bonds is 15. The molecule has 0 bridgehead atoms. The molecule has 0 aromatic heterocycles. The van der Waals surface area contributed by atoms with Gasteiger partial charge in [0.1, 0.15) is 12.6 Å². The number of hydrogen-bond donors (Lipinski definition) is 1. The summed E-state index contributed by atoms with van der Waals surface area (Å²) in [4.78, 5) is 29.0. The Morgan fingerprint density at radius 1 is 0.911 bits per heavy atom. The topological polar surface area (TPSA) is 105 Å². The molecular weight excluding hydrogens is 637 g/mol. The summed E-state index contributed by atoms with van der Waals surface area (Å²) in [5.74, 6) is -0.377. The number of sulfonamides is 1. The molecule has 0 aliphatic carbocycles. The standard InChI is InChI=1S/C33H41Cl2N3O6S/c1-7-9-15-36-33(40)29(8-2)37(20-26-27(34)11-10-12-28(26)35)32(39)21-38(24-17-22(3)16-23(4)18-24)45(41,42)25-13-14-30(43-5)31(19-25)44-6/h10-14,16-19,29H,7-9,15,20-21H2,1-6H3,(H,36,40). The first kappa shape index (κ1) is 36.0. The molecule has 0 fully saturated rings. The quantitative estimate of drug-likeness (QED) is 0.183. The average Bonchev–Trinajstić information content (AvgIpc) is 3.00. The fraction of sp³-hybridized carbons (Fsp3) is 0.394. The predicted molar refractivity (Wildman–Crippen MR) is 179 cm³/mol. The molecule has 0 saturated heterocycles. The van der Waals surface area contributed by atoms with E-state index in [1.54, 1.807) is 37.3 Å². The second-order valence-corrected chi connectivity index (χ2v) is 13.3. The highest BCUT2D eigenvalue weighted by molar-refractivity contribution is 7.92. The molecule has 2 amide bonds. The van der Waals surface area contributed by atoms with Crippen LogP contribution in [0.2, 0.25) is 10.0 Å². The lowest BCUT2D eigenvalue weighted by Gasteiger charge is -2.33. The maximum atomic E-state index is 14.4. The number of benzene rings is 3. The van der Waals surface area contributed by atoms with Gasteiger partial charge in [0.05, 0.1) is 24.8 Å². The van der Waals surface area contributed by atoms with E-state index in [9.17, 15) is 18.0 Å². The lowest BCUT2D eigenvalue weighted by atomic mass is 10.1. The minimum absolute atomic E-state index is 0.0999. The van der Waals surface area contributed by atoms with E-state index in [-0.39, 0.29) is 29.5 Å². The van der Waals surface area contributed by atoms with Gasteiger partial charge < -0.3 is 19.7 Å². The van der Waals surface area contributed by atoms with Crippen molar-refractivity contribution in [3.05, 3.63) is 81.3 Å². The molecular formula is C33H41Cl2N3O6S. The molecule has 9 nitrogen and oxygen atoms in total. The van der Waals surface area contributed by atoms with Crippen molar-refractivity contribution in [2.24, 2.45) is 0 Å². The summed E-state index contributed by atoms with van der Waals surface area (Å²) in [6.07, 6.45) is 1.93. The van der Waals surface area contributed by atoms with E-state index >= 15 is 0 Å². The van der Waals surface area contributed by atoms with Crippen molar-refractivity contribution in [1.82, 2.24) is 10.2 Å². The van der Waals surface area contributed by atoms with Gasteiger partial charge in [0, 0.05) is 34.8 Å². The number of carbonyl (C=O) groups is 2. The van der Waals surface area contributed by atoms with Gasteiger partial charge in [-0.15, -0.1) is 0 Å². The zero-order valence-electron chi connectivity index (χ0n) is 26.5. The molecule has 1 N–H and O–H groups in total. The van der Waals surface area contributed by atoms with E-state index in [1.807, 2.05) is 26.8 Å². The van der Waals surface area contributed by atoms with Crippen LogP contribution in [0, 0.1) is 13.8 Å². The minimum Gasteiger partial charge on any atom is -0.493 e. The summed E-state index contributed by atoms with van der Waals surface area (Å²) >= 11 is 13.0. The number of methoxy groups -OCH3 is 2. The number of carbonyl (C=O) groups excluding carboxylic acids is 2. The Balaban J connectivity index is 2.15. The van der Waals surface area contributed by atoms with E-state index in [0.29, 0.717) is 33.6 Å². The van der Waals surface area contributed by atoms with Crippen molar-refractivity contribution < 1.29 is 27.5 Å². The highest BCUT2D eigenvalue weighted by atomic mass is 35.5. The van der Waals surface area contributed by atoms with Crippen LogP contribution >= 0.6 is 23.2 Å². The number of anilines is 1. The Kier molecular flexibility index (Phi) is 13.0. The Hall–Kier alpha value is -3.47. The summed E-state index contributed by atoms with van der Waals surface area (Å²) < 4.78 is 40.4. The molecule has 45 heavy (non-hydrogen) atoms. The lowest BCUT2D eigenvalue weighted by molar-refractivity contribution is -0.140. The van der Waals surface area contributed by atoms with Crippen LogP contribution in [0.5, 0.6) is 11.5 Å². The monoisotopic (exact) mass is 677 g/mol. The fourth-order valence-corrected chi connectivity index (χ4v) is 6.94. The Bertz CT molecular complexity index is 1580. The zero-order chi connectivity index (χ0) is 33.3. The van der Waals surface area contributed by atoms with E-state index < -0.39 is 28.5 Å². The summed E-state index contributed by atoms with van der Waals surface area (Å²) in [6.45, 7) is 7.25. The van der Waals surface area contributed by atoms with Crippen molar-refractivity contribution in [2.45, 2.75) is 64.4 Å². The van der Waals surface area contributed by atoms with Crippen molar-refractivity contribution >= 4 is 50.7 Å². The van der Waals surface area contributed by atoms with Gasteiger partial charge >= 0.3 is 0 Å². The fourth-order valence-electron chi connectivity index (χ4n) is 5.01. The van der Waals surface area contributed by atoms with E-state index in [1.165, 1.54) is 37.3 Å². The smallest absolute Gasteiger partial charge is 0.264 e. The molecule has 3 aromatic rings. The third-order valence-corrected chi connectivity index (χ3v) is 9.80. The number of unbranched alkanes of at least 4 members (excludes halogenated alkanes) is 1. The van der Waals surface area contributed by atoms with Crippen LogP contribution in [0.1, 0.15) is 49.8 Å². The van der Waals surface area contributed by atoms with Gasteiger partial charge in [0.25, 0.3) is 10.0 Å². The minimum atomic E-state index is -4.34. The number of aryl methyl sites for hydroxylation is 2. The second kappa shape index (κ2) is 16.2. The molecule has 0 saturated carbocycles. The van der Waals surface area contributed by atoms with Gasteiger partial charge in [-0.1, -0.05) is 55.6 Å². The molecule has 12 heteroatoms. The van der Waals surface area contributed by atoms with Gasteiger partial charge in [0.2, 0.25) is 11.8 Å². The molecule has 0 spiro atoms. The van der Waals surface area contributed by atoms with Crippen LogP contribution in [0.25, 0.3) is 0 Å². The third-order valence-electron chi connectivity index (χ3n) is 7.32. The third kappa shape index (κ3) is 8.83. The van der Waals surface area contributed by atoms with E-state index in [0.717, 1.165) is 28.3 Å². The predicted octanol–water partition coefficient (Wildman–Crippen LogP) is 6.55. The molecule has 3 aromatic carbocycles. The highest BCUT2D eigenvalue weighted by Crippen LogP contribution is 2.33. The Morgan fingerprint density at radius 3 is 2.09 bits per heavy atom. The summed E-state index contributed by atoms with van der Waals surface area (Å²) in [5.41, 5.74) is 2.37. The molecule has 0 aliphatic heterocycles. The number of hydrogen-bond acceptors (Lipinski definition) is 6. The lowest BCUT2D eigenvalue weighted by Crippen LogP contribution is -2.52. The Morgan fingerprint density at radius 2 is 1.53 bits per heavy atom. The maximum Gasteiger partial charge on any atom is 0.264 e. The average molecular weight is 679 g/mol. The SMILES string of the molecule is CCCCNC(=O)C(CC)N(Cc1c(Cl)cccc1Cl)C(=O)CN(c1cc(C)cc(C)c1)S(=O)(=O)c1ccc(OC)c(OC)c1. The number of amides is 2. The maximum absolute atomic E-state index is 14.4. The number of nitrogens with zero attached hydrogens (tertiary/aromatic N) is 2. The molecule has 244 valence electrons. The van der Waals surface area contributed by atoms with E-state index in [4.69, 9.17) is 32.7 Å². The van der Waals surface area contributed by atoms with Gasteiger partial charge in [-0.2, -0.15) is 0 Å². The number of ether oxygens (including phenoxy) is 2. The van der Waals surface area contributed by atoms with E-state index in [2.05, 4.69) is 5.32 Å². The first-order chi connectivity index (χ1) is 21.4. The largest absolute Gasteiger partial charge is 0.493 e. The van der Waals surface area contributed by atoms with Crippen molar-refractivity contribution in [3.63, 3.8) is 0 Å². The molecule has 3 rings (SSSR count). The Labute approximate surface area is 276 Å². The summed E-state index contributed by atoms with van der Waals surface area (Å²) in [6, 6.07) is 13.6. The molecule has 1 atom stereocenters. The zero-order valence-corrected chi connectivity index (χ0v) is 28.9. The molecule has 0 heterocycles. The molecule has 0 radical (unpaired) electrons. The normalized spacial score (nSPS) is 11.9.